The second kappa shape index (κ2) is 13.7. The molecule has 1 aliphatic rings. The summed E-state index contributed by atoms with van der Waals surface area (Å²) in [6, 6.07) is 14.7. The van der Waals surface area contributed by atoms with Crippen molar-refractivity contribution in [3.8, 4) is 11.5 Å². The number of carbonyl (C=O) groups excluding carboxylic acids is 2. The molecule has 1 heterocycles. The summed E-state index contributed by atoms with van der Waals surface area (Å²) < 4.78 is 21.9. The van der Waals surface area contributed by atoms with Crippen molar-refractivity contribution in [3.05, 3.63) is 59.7 Å². The molecule has 196 valence electrons. The average Bonchev–Trinajstić information content (AvgIpc) is 2.90. The SMILES string of the molecule is COCCCOc1cc(C(=O)N(C(C)C)C2CCCN(C(=O)OCc3ccccc3)C2)ccc1OC. The highest BCUT2D eigenvalue weighted by Crippen LogP contribution is 2.30. The number of hydrogen-bond donors (Lipinski definition) is 0. The van der Waals surface area contributed by atoms with Gasteiger partial charge in [-0.05, 0) is 50.5 Å². The Morgan fingerprint density at radius 1 is 1.06 bits per heavy atom. The second-order valence-corrected chi connectivity index (χ2v) is 9.15. The van der Waals surface area contributed by atoms with Crippen molar-refractivity contribution in [2.45, 2.75) is 51.8 Å². The van der Waals surface area contributed by atoms with Gasteiger partial charge in [0.25, 0.3) is 5.91 Å². The van der Waals surface area contributed by atoms with Crippen molar-refractivity contribution in [2.75, 3.05) is 40.5 Å². The zero-order valence-corrected chi connectivity index (χ0v) is 21.8. The lowest BCUT2D eigenvalue weighted by atomic mass is 10.0. The molecule has 8 nitrogen and oxygen atoms in total. The van der Waals surface area contributed by atoms with E-state index in [1.54, 1.807) is 37.3 Å². The highest BCUT2D eigenvalue weighted by atomic mass is 16.6. The lowest BCUT2D eigenvalue weighted by molar-refractivity contribution is 0.0384. The van der Waals surface area contributed by atoms with E-state index in [0.717, 1.165) is 24.8 Å². The van der Waals surface area contributed by atoms with E-state index in [2.05, 4.69) is 0 Å². The molecule has 1 unspecified atom stereocenters. The van der Waals surface area contributed by atoms with Gasteiger partial charge >= 0.3 is 6.09 Å². The summed E-state index contributed by atoms with van der Waals surface area (Å²) in [7, 11) is 3.22. The van der Waals surface area contributed by atoms with Crippen molar-refractivity contribution < 1.29 is 28.5 Å². The van der Waals surface area contributed by atoms with Gasteiger partial charge in [0.15, 0.2) is 11.5 Å². The number of methoxy groups -OCH3 is 2. The Balaban J connectivity index is 1.69. The van der Waals surface area contributed by atoms with Crippen LogP contribution in [0.4, 0.5) is 4.79 Å². The van der Waals surface area contributed by atoms with Crippen molar-refractivity contribution in [3.63, 3.8) is 0 Å². The fourth-order valence-electron chi connectivity index (χ4n) is 4.44. The van der Waals surface area contributed by atoms with E-state index < -0.39 is 0 Å². The molecule has 2 aromatic carbocycles. The molecule has 0 aliphatic carbocycles. The minimum absolute atomic E-state index is 0.0454. The average molecular weight is 499 g/mol. The van der Waals surface area contributed by atoms with Crippen LogP contribution in [-0.2, 0) is 16.1 Å². The zero-order valence-electron chi connectivity index (χ0n) is 21.8. The Morgan fingerprint density at radius 3 is 2.53 bits per heavy atom. The fraction of sp³-hybridized carbons (Fsp3) is 0.500. The molecule has 1 aliphatic heterocycles. The Morgan fingerprint density at radius 2 is 1.83 bits per heavy atom. The Kier molecular flexibility index (Phi) is 10.4. The molecule has 0 bridgehead atoms. The third kappa shape index (κ3) is 7.37. The Labute approximate surface area is 214 Å². The molecule has 0 saturated carbocycles. The van der Waals surface area contributed by atoms with Gasteiger partial charge in [-0.25, -0.2) is 4.79 Å². The number of ether oxygens (including phenoxy) is 4. The van der Waals surface area contributed by atoms with Crippen LogP contribution in [0, 0.1) is 0 Å². The standard InChI is InChI=1S/C28H38N2O6/c1-21(2)30(27(31)23-13-14-25(34-4)26(18-23)35-17-9-16-33-3)24-12-8-15-29(19-24)28(32)36-20-22-10-6-5-7-11-22/h5-7,10-11,13-14,18,21,24H,8-9,12,15-17,19-20H2,1-4H3. The topological polar surface area (TPSA) is 77.5 Å². The van der Waals surface area contributed by atoms with Crippen LogP contribution in [-0.4, -0.2) is 74.4 Å². The van der Waals surface area contributed by atoms with Gasteiger partial charge in [0.05, 0.1) is 19.8 Å². The third-order valence-electron chi connectivity index (χ3n) is 6.21. The van der Waals surface area contributed by atoms with Gasteiger partial charge in [0.1, 0.15) is 6.61 Å². The van der Waals surface area contributed by atoms with Crippen LogP contribution in [0.3, 0.4) is 0 Å². The molecular weight excluding hydrogens is 460 g/mol. The number of amides is 2. The minimum atomic E-state index is -0.351. The van der Waals surface area contributed by atoms with E-state index in [0.29, 0.717) is 43.4 Å². The molecule has 0 aromatic heterocycles. The summed E-state index contributed by atoms with van der Waals surface area (Å²) >= 11 is 0. The molecule has 36 heavy (non-hydrogen) atoms. The summed E-state index contributed by atoms with van der Waals surface area (Å²) in [6.07, 6.45) is 2.01. The van der Waals surface area contributed by atoms with E-state index >= 15 is 0 Å². The molecule has 3 rings (SSSR count). The highest BCUT2D eigenvalue weighted by Gasteiger charge is 2.33. The number of carbonyl (C=O) groups is 2. The molecule has 1 atom stereocenters. The first kappa shape index (κ1) is 27.3. The lowest BCUT2D eigenvalue weighted by Crippen LogP contribution is -2.54. The third-order valence-corrected chi connectivity index (χ3v) is 6.21. The molecule has 2 aromatic rings. The van der Waals surface area contributed by atoms with E-state index in [4.69, 9.17) is 18.9 Å². The van der Waals surface area contributed by atoms with Gasteiger partial charge in [0, 0.05) is 44.8 Å². The first-order chi connectivity index (χ1) is 17.4. The number of rotatable bonds is 11. The van der Waals surface area contributed by atoms with Crippen LogP contribution in [0.15, 0.2) is 48.5 Å². The summed E-state index contributed by atoms with van der Waals surface area (Å²) in [4.78, 5) is 30.0. The monoisotopic (exact) mass is 498 g/mol. The van der Waals surface area contributed by atoms with Crippen LogP contribution in [0.25, 0.3) is 0 Å². The smallest absolute Gasteiger partial charge is 0.410 e. The van der Waals surface area contributed by atoms with E-state index in [9.17, 15) is 9.59 Å². The number of likely N-dealkylation sites (tertiary alicyclic amines) is 1. The normalized spacial score (nSPS) is 15.5. The molecule has 0 N–H and O–H groups in total. The van der Waals surface area contributed by atoms with Crippen LogP contribution < -0.4 is 9.47 Å². The zero-order chi connectivity index (χ0) is 25.9. The van der Waals surface area contributed by atoms with E-state index in [-0.39, 0.29) is 30.7 Å². The van der Waals surface area contributed by atoms with Crippen molar-refractivity contribution in [1.82, 2.24) is 9.80 Å². The Bertz CT molecular complexity index is 981. The minimum Gasteiger partial charge on any atom is -0.493 e. The summed E-state index contributed by atoms with van der Waals surface area (Å²) in [5, 5.41) is 0. The van der Waals surface area contributed by atoms with Gasteiger partial charge in [-0.2, -0.15) is 0 Å². The van der Waals surface area contributed by atoms with Crippen molar-refractivity contribution in [1.29, 1.82) is 0 Å². The van der Waals surface area contributed by atoms with Gasteiger partial charge < -0.3 is 28.7 Å². The summed E-state index contributed by atoms with van der Waals surface area (Å²) in [5.74, 6) is 1.00. The van der Waals surface area contributed by atoms with Crippen molar-refractivity contribution in [2.24, 2.45) is 0 Å². The maximum atomic E-state index is 13.7. The number of hydrogen-bond acceptors (Lipinski definition) is 6. The number of piperidine rings is 1. The fourth-order valence-corrected chi connectivity index (χ4v) is 4.44. The molecular formula is C28H38N2O6. The number of nitrogens with zero attached hydrogens (tertiary/aromatic N) is 2. The first-order valence-electron chi connectivity index (χ1n) is 12.5. The Hall–Kier alpha value is -3.26. The van der Waals surface area contributed by atoms with E-state index in [1.165, 1.54) is 0 Å². The molecule has 0 radical (unpaired) electrons. The lowest BCUT2D eigenvalue weighted by Gasteiger charge is -2.41. The molecule has 8 heteroatoms. The van der Waals surface area contributed by atoms with E-state index in [1.807, 2.05) is 49.1 Å². The maximum Gasteiger partial charge on any atom is 0.410 e. The number of benzene rings is 2. The predicted molar refractivity (Wildman–Crippen MR) is 138 cm³/mol. The van der Waals surface area contributed by atoms with Crippen LogP contribution in [0.5, 0.6) is 11.5 Å². The second-order valence-electron chi connectivity index (χ2n) is 9.15. The molecule has 2 amide bonds. The van der Waals surface area contributed by atoms with Crippen LogP contribution >= 0.6 is 0 Å². The molecule has 1 fully saturated rings. The van der Waals surface area contributed by atoms with Gasteiger partial charge in [0.2, 0.25) is 0 Å². The largest absolute Gasteiger partial charge is 0.493 e. The molecule has 1 saturated heterocycles. The highest BCUT2D eigenvalue weighted by molar-refractivity contribution is 5.95. The maximum absolute atomic E-state index is 13.7. The van der Waals surface area contributed by atoms with Gasteiger partial charge in [-0.3, -0.25) is 4.79 Å². The van der Waals surface area contributed by atoms with Gasteiger partial charge in [-0.1, -0.05) is 30.3 Å². The van der Waals surface area contributed by atoms with Gasteiger partial charge in [-0.15, -0.1) is 0 Å². The van der Waals surface area contributed by atoms with Crippen LogP contribution in [0.2, 0.25) is 0 Å². The predicted octanol–water partition coefficient (Wildman–Crippen LogP) is 4.76. The van der Waals surface area contributed by atoms with Crippen molar-refractivity contribution >= 4 is 12.0 Å². The first-order valence-corrected chi connectivity index (χ1v) is 12.5. The molecule has 0 spiro atoms. The van der Waals surface area contributed by atoms with Crippen LogP contribution in [0.1, 0.15) is 49.0 Å². The quantitative estimate of drug-likeness (QED) is 0.416. The summed E-state index contributed by atoms with van der Waals surface area (Å²) in [6.45, 7) is 6.33. The summed E-state index contributed by atoms with van der Waals surface area (Å²) in [5.41, 5.74) is 1.47.